The number of primary amides is 1. The molecule has 0 atom stereocenters. The summed E-state index contributed by atoms with van der Waals surface area (Å²) in [5.41, 5.74) is 5.88. The van der Waals surface area contributed by atoms with Crippen molar-refractivity contribution < 1.29 is 9.53 Å². The molecule has 0 aliphatic carbocycles. The molecule has 1 amide bonds. The highest BCUT2D eigenvalue weighted by Crippen LogP contribution is 2.25. The van der Waals surface area contributed by atoms with Crippen molar-refractivity contribution in [2.24, 2.45) is 5.73 Å². The number of carbonyl (C=O) groups excluding carboxylic acids is 1. The van der Waals surface area contributed by atoms with E-state index >= 15 is 0 Å². The van der Waals surface area contributed by atoms with Gasteiger partial charge in [0.2, 0.25) is 5.91 Å². The minimum absolute atomic E-state index is 0.202. The van der Waals surface area contributed by atoms with Crippen LogP contribution in [0.15, 0.2) is 18.2 Å². The zero-order valence-electron chi connectivity index (χ0n) is 8.63. The molecular weight excluding hydrogens is 214 g/mol. The quantitative estimate of drug-likeness (QED) is 0.838. The first-order valence-corrected chi connectivity index (χ1v) is 5.20. The predicted octanol–water partition coefficient (Wildman–Crippen LogP) is 2.16. The van der Waals surface area contributed by atoms with E-state index < -0.39 is 0 Å². The van der Waals surface area contributed by atoms with Gasteiger partial charge in [0.25, 0.3) is 0 Å². The number of nitrogens with two attached hydrogens (primary N) is 1. The van der Waals surface area contributed by atoms with Crippen LogP contribution in [-0.4, -0.2) is 12.5 Å². The summed E-state index contributed by atoms with van der Waals surface area (Å²) >= 11 is 5.97. The first kappa shape index (κ1) is 11.9. The Bertz CT molecular complexity index is 352. The maximum atomic E-state index is 10.7. The van der Waals surface area contributed by atoms with Crippen LogP contribution in [-0.2, 0) is 11.2 Å². The molecule has 1 rings (SSSR count). The van der Waals surface area contributed by atoms with Crippen molar-refractivity contribution >= 4 is 17.5 Å². The molecule has 3 nitrogen and oxygen atoms in total. The average Bonchev–Trinajstić information content (AvgIpc) is 2.15. The molecule has 1 aromatic carbocycles. The zero-order valence-corrected chi connectivity index (χ0v) is 9.38. The van der Waals surface area contributed by atoms with Crippen molar-refractivity contribution in [2.45, 2.75) is 19.8 Å². The third-order valence-corrected chi connectivity index (χ3v) is 2.13. The van der Waals surface area contributed by atoms with Gasteiger partial charge < -0.3 is 10.5 Å². The molecule has 0 aliphatic heterocycles. The lowest BCUT2D eigenvalue weighted by Crippen LogP contribution is -2.13. The average molecular weight is 228 g/mol. The standard InChI is InChI=1S/C11H14ClNO2/c1-2-5-15-10-4-3-8(6-9(10)12)7-11(13)14/h3-4,6H,2,5,7H2,1H3,(H2,13,14). The van der Waals surface area contributed by atoms with E-state index in [1.807, 2.05) is 6.92 Å². The Morgan fingerprint density at radius 1 is 1.53 bits per heavy atom. The fourth-order valence-electron chi connectivity index (χ4n) is 1.18. The Kier molecular flexibility index (Phi) is 4.43. The number of rotatable bonds is 5. The molecule has 0 saturated heterocycles. The van der Waals surface area contributed by atoms with Crippen LogP contribution in [0.25, 0.3) is 0 Å². The van der Waals surface area contributed by atoms with Gasteiger partial charge >= 0.3 is 0 Å². The number of hydrogen-bond acceptors (Lipinski definition) is 2. The lowest BCUT2D eigenvalue weighted by molar-refractivity contribution is -0.117. The summed E-state index contributed by atoms with van der Waals surface area (Å²) in [6.07, 6.45) is 1.13. The van der Waals surface area contributed by atoms with Crippen LogP contribution in [0.1, 0.15) is 18.9 Å². The monoisotopic (exact) mass is 227 g/mol. The summed E-state index contributed by atoms with van der Waals surface area (Å²) in [6.45, 7) is 2.66. The van der Waals surface area contributed by atoms with Gasteiger partial charge in [0, 0.05) is 0 Å². The lowest BCUT2D eigenvalue weighted by Gasteiger charge is -2.07. The second kappa shape index (κ2) is 5.61. The van der Waals surface area contributed by atoms with Gasteiger partial charge in [-0.2, -0.15) is 0 Å². The topological polar surface area (TPSA) is 52.3 Å². The van der Waals surface area contributed by atoms with Crippen molar-refractivity contribution in [2.75, 3.05) is 6.61 Å². The second-order valence-electron chi connectivity index (χ2n) is 3.26. The summed E-state index contributed by atoms with van der Waals surface area (Å²) in [5, 5.41) is 0.516. The molecule has 0 radical (unpaired) electrons. The van der Waals surface area contributed by atoms with E-state index in [1.54, 1.807) is 18.2 Å². The largest absolute Gasteiger partial charge is 0.492 e. The SMILES string of the molecule is CCCOc1ccc(CC(N)=O)cc1Cl. The van der Waals surface area contributed by atoms with Crippen LogP contribution in [0.4, 0.5) is 0 Å². The van der Waals surface area contributed by atoms with E-state index in [4.69, 9.17) is 22.1 Å². The highest BCUT2D eigenvalue weighted by atomic mass is 35.5. The van der Waals surface area contributed by atoms with E-state index in [-0.39, 0.29) is 12.3 Å². The van der Waals surface area contributed by atoms with Gasteiger partial charge in [0.15, 0.2) is 0 Å². The van der Waals surface area contributed by atoms with Crippen LogP contribution in [0.2, 0.25) is 5.02 Å². The second-order valence-corrected chi connectivity index (χ2v) is 3.66. The smallest absolute Gasteiger partial charge is 0.221 e. The Morgan fingerprint density at radius 3 is 2.80 bits per heavy atom. The van der Waals surface area contributed by atoms with Gasteiger partial charge in [0.05, 0.1) is 18.1 Å². The molecule has 0 heterocycles. The summed E-state index contributed by atoms with van der Waals surface area (Å²) in [6, 6.07) is 5.26. The lowest BCUT2D eigenvalue weighted by atomic mass is 10.1. The van der Waals surface area contributed by atoms with Crippen LogP contribution in [0, 0.1) is 0 Å². The highest BCUT2D eigenvalue weighted by molar-refractivity contribution is 6.32. The van der Waals surface area contributed by atoms with Crippen LogP contribution in [0.3, 0.4) is 0 Å². The summed E-state index contributed by atoms with van der Waals surface area (Å²) in [4.78, 5) is 10.7. The van der Waals surface area contributed by atoms with Crippen molar-refractivity contribution in [1.82, 2.24) is 0 Å². The fraction of sp³-hybridized carbons (Fsp3) is 0.364. The maximum absolute atomic E-state index is 10.7. The van der Waals surface area contributed by atoms with Gasteiger partial charge in [-0.1, -0.05) is 24.6 Å². The minimum atomic E-state index is -0.367. The molecule has 0 spiro atoms. The maximum Gasteiger partial charge on any atom is 0.221 e. The molecular formula is C11H14ClNO2. The Hall–Kier alpha value is -1.22. The first-order valence-electron chi connectivity index (χ1n) is 4.83. The van der Waals surface area contributed by atoms with E-state index in [1.165, 1.54) is 0 Å². The number of hydrogen-bond donors (Lipinski definition) is 1. The Balaban J connectivity index is 2.74. The highest BCUT2D eigenvalue weighted by Gasteiger charge is 2.04. The van der Waals surface area contributed by atoms with E-state index in [0.29, 0.717) is 17.4 Å². The van der Waals surface area contributed by atoms with E-state index in [0.717, 1.165) is 12.0 Å². The van der Waals surface area contributed by atoms with E-state index in [2.05, 4.69) is 0 Å². The molecule has 0 aliphatic rings. The van der Waals surface area contributed by atoms with Crippen molar-refractivity contribution in [3.05, 3.63) is 28.8 Å². The van der Waals surface area contributed by atoms with Crippen molar-refractivity contribution in [1.29, 1.82) is 0 Å². The molecule has 15 heavy (non-hydrogen) atoms. The Labute approximate surface area is 94.2 Å². The molecule has 82 valence electrons. The fourth-order valence-corrected chi connectivity index (χ4v) is 1.44. The van der Waals surface area contributed by atoms with Crippen LogP contribution in [0.5, 0.6) is 5.75 Å². The third kappa shape index (κ3) is 3.80. The molecule has 0 unspecified atom stereocenters. The molecule has 0 aromatic heterocycles. The number of carbonyl (C=O) groups is 1. The van der Waals surface area contributed by atoms with Crippen molar-refractivity contribution in [3.63, 3.8) is 0 Å². The number of ether oxygens (including phenoxy) is 1. The first-order chi connectivity index (χ1) is 7.13. The van der Waals surface area contributed by atoms with Gasteiger partial charge in [-0.25, -0.2) is 0 Å². The van der Waals surface area contributed by atoms with Gasteiger partial charge in [-0.15, -0.1) is 0 Å². The van der Waals surface area contributed by atoms with Gasteiger partial charge in [-0.3, -0.25) is 4.79 Å². The molecule has 0 saturated carbocycles. The third-order valence-electron chi connectivity index (χ3n) is 1.84. The molecule has 4 heteroatoms. The number of halogens is 1. The van der Waals surface area contributed by atoms with E-state index in [9.17, 15) is 4.79 Å². The number of amides is 1. The predicted molar refractivity (Wildman–Crippen MR) is 60.1 cm³/mol. The molecule has 1 aromatic rings. The molecule has 2 N–H and O–H groups in total. The summed E-state index contributed by atoms with van der Waals surface area (Å²) in [5.74, 6) is 0.278. The number of benzene rings is 1. The van der Waals surface area contributed by atoms with Crippen molar-refractivity contribution in [3.8, 4) is 5.75 Å². The zero-order chi connectivity index (χ0) is 11.3. The van der Waals surface area contributed by atoms with Crippen LogP contribution >= 0.6 is 11.6 Å². The van der Waals surface area contributed by atoms with Crippen LogP contribution < -0.4 is 10.5 Å². The summed E-state index contributed by atoms with van der Waals surface area (Å²) < 4.78 is 5.40. The van der Waals surface area contributed by atoms with Gasteiger partial charge in [-0.05, 0) is 24.1 Å². The summed E-state index contributed by atoms with van der Waals surface area (Å²) in [7, 11) is 0. The normalized spacial score (nSPS) is 10.0. The molecule has 0 fully saturated rings. The molecule has 0 bridgehead atoms. The minimum Gasteiger partial charge on any atom is -0.492 e. The van der Waals surface area contributed by atoms with Gasteiger partial charge in [0.1, 0.15) is 5.75 Å². The Morgan fingerprint density at radius 2 is 2.27 bits per heavy atom.